The van der Waals surface area contributed by atoms with Crippen LogP contribution in [0.4, 0.5) is 15.8 Å². The molecule has 0 spiro atoms. The third kappa shape index (κ3) is 5.79. The fraction of sp³-hybridized carbons (Fsp3) is 0.350. The van der Waals surface area contributed by atoms with Crippen molar-refractivity contribution in [1.29, 1.82) is 0 Å². The van der Waals surface area contributed by atoms with Crippen molar-refractivity contribution in [3.05, 3.63) is 59.9 Å². The van der Waals surface area contributed by atoms with Crippen LogP contribution >= 0.6 is 0 Å². The molecule has 0 atom stereocenters. The van der Waals surface area contributed by atoms with Gasteiger partial charge >= 0.3 is 0 Å². The number of para-hydroxylation sites is 1. The van der Waals surface area contributed by atoms with Gasteiger partial charge in [-0.15, -0.1) is 0 Å². The molecule has 27 heavy (non-hydrogen) atoms. The maximum atomic E-state index is 13.2. The highest BCUT2D eigenvalue weighted by molar-refractivity contribution is 7.92. The second kappa shape index (κ2) is 8.08. The number of carbonyl (C=O) groups is 1. The second-order valence-electron chi connectivity index (χ2n) is 7.41. The Hall–Kier alpha value is -2.41. The predicted octanol–water partition coefficient (Wildman–Crippen LogP) is 3.92. The molecule has 2 aromatic carbocycles. The molecule has 0 radical (unpaired) electrons. The molecule has 0 bridgehead atoms. The van der Waals surface area contributed by atoms with E-state index in [1.165, 1.54) is 22.5 Å². The first-order valence-corrected chi connectivity index (χ1v) is 10.5. The summed E-state index contributed by atoms with van der Waals surface area (Å²) < 4.78 is 39.2. The SMILES string of the molecule is CC(C)(C)c1ccccc1N(CCC(=O)Nc1cccc(F)c1)S(C)(=O)=O. The molecule has 0 aliphatic carbocycles. The molecule has 0 aliphatic rings. The number of carbonyl (C=O) groups excluding carboxylic acids is 1. The van der Waals surface area contributed by atoms with Crippen LogP contribution in [0.5, 0.6) is 0 Å². The van der Waals surface area contributed by atoms with Crippen molar-refractivity contribution in [2.75, 3.05) is 22.4 Å². The Kier molecular flexibility index (Phi) is 6.26. The van der Waals surface area contributed by atoms with Crippen molar-refractivity contribution in [2.45, 2.75) is 32.6 Å². The fourth-order valence-electron chi connectivity index (χ4n) is 2.78. The lowest BCUT2D eigenvalue weighted by Crippen LogP contribution is -2.34. The van der Waals surface area contributed by atoms with Crippen LogP contribution in [-0.2, 0) is 20.2 Å². The van der Waals surface area contributed by atoms with Crippen LogP contribution < -0.4 is 9.62 Å². The molecular formula is C20H25FN2O3S. The zero-order valence-corrected chi connectivity index (χ0v) is 16.8. The molecule has 1 amide bonds. The molecule has 2 aromatic rings. The molecule has 0 saturated heterocycles. The number of rotatable bonds is 6. The Balaban J connectivity index is 2.21. The van der Waals surface area contributed by atoms with Gasteiger partial charge in [-0.1, -0.05) is 45.0 Å². The molecule has 146 valence electrons. The van der Waals surface area contributed by atoms with E-state index in [1.54, 1.807) is 18.2 Å². The van der Waals surface area contributed by atoms with Gasteiger partial charge in [0, 0.05) is 18.7 Å². The quantitative estimate of drug-likeness (QED) is 0.810. The molecule has 0 heterocycles. The maximum absolute atomic E-state index is 13.2. The van der Waals surface area contributed by atoms with E-state index in [2.05, 4.69) is 5.32 Å². The van der Waals surface area contributed by atoms with Crippen molar-refractivity contribution in [3.63, 3.8) is 0 Å². The third-order valence-corrected chi connectivity index (χ3v) is 5.21. The lowest BCUT2D eigenvalue weighted by Gasteiger charge is -2.30. The highest BCUT2D eigenvalue weighted by Crippen LogP contribution is 2.33. The highest BCUT2D eigenvalue weighted by atomic mass is 32.2. The summed E-state index contributed by atoms with van der Waals surface area (Å²) >= 11 is 0. The maximum Gasteiger partial charge on any atom is 0.232 e. The smallest absolute Gasteiger partial charge is 0.232 e. The molecule has 1 N–H and O–H groups in total. The van der Waals surface area contributed by atoms with Gasteiger partial charge in [0.2, 0.25) is 15.9 Å². The number of sulfonamides is 1. The van der Waals surface area contributed by atoms with E-state index in [4.69, 9.17) is 0 Å². The minimum absolute atomic E-state index is 0.00687. The number of halogens is 1. The van der Waals surface area contributed by atoms with Gasteiger partial charge in [-0.25, -0.2) is 12.8 Å². The van der Waals surface area contributed by atoms with E-state index in [-0.39, 0.29) is 24.3 Å². The van der Waals surface area contributed by atoms with Crippen molar-refractivity contribution in [1.82, 2.24) is 0 Å². The topological polar surface area (TPSA) is 66.5 Å². The van der Waals surface area contributed by atoms with Crippen molar-refractivity contribution < 1.29 is 17.6 Å². The summed E-state index contributed by atoms with van der Waals surface area (Å²) in [5.41, 5.74) is 1.51. The van der Waals surface area contributed by atoms with Gasteiger partial charge in [0.25, 0.3) is 0 Å². The van der Waals surface area contributed by atoms with Crippen LogP contribution in [-0.4, -0.2) is 27.1 Å². The normalized spacial score (nSPS) is 11.9. The van der Waals surface area contributed by atoms with E-state index >= 15 is 0 Å². The molecule has 7 heteroatoms. The third-order valence-electron chi connectivity index (χ3n) is 4.03. The van der Waals surface area contributed by atoms with E-state index in [0.717, 1.165) is 11.8 Å². The minimum Gasteiger partial charge on any atom is -0.326 e. The van der Waals surface area contributed by atoms with E-state index in [1.807, 2.05) is 32.9 Å². The average molecular weight is 392 g/mol. The summed E-state index contributed by atoms with van der Waals surface area (Å²) in [5, 5.41) is 2.59. The fourth-order valence-corrected chi connectivity index (χ4v) is 3.72. The molecule has 2 rings (SSSR count). The largest absolute Gasteiger partial charge is 0.326 e. The molecular weight excluding hydrogens is 367 g/mol. The number of hydrogen-bond acceptors (Lipinski definition) is 3. The molecule has 0 unspecified atom stereocenters. The number of hydrogen-bond donors (Lipinski definition) is 1. The number of anilines is 2. The van der Waals surface area contributed by atoms with Crippen LogP contribution in [0.3, 0.4) is 0 Å². The summed E-state index contributed by atoms with van der Waals surface area (Å²) in [6.07, 6.45) is 1.07. The van der Waals surface area contributed by atoms with Crippen molar-refractivity contribution in [3.8, 4) is 0 Å². The summed E-state index contributed by atoms with van der Waals surface area (Å²) in [4.78, 5) is 12.2. The first-order chi connectivity index (χ1) is 12.5. The standard InChI is InChI=1S/C20H25FN2O3S/c1-20(2,3)17-10-5-6-11-18(17)23(27(4,25)26)13-12-19(24)22-16-9-7-8-15(21)14-16/h5-11,14H,12-13H2,1-4H3,(H,22,24). The van der Waals surface area contributed by atoms with E-state index < -0.39 is 15.8 Å². The van der Waals surface area contributed by atoms with Gasteiger partial charge in [-0.05, 0) is 35.2 Å². The second-order valence-corrected chi connectivity index (χ2v) is 9.32. The van der Waals surface area contributed by atoms with Crippen LogP contribution in [0.15, 0.2) is 48.5 Å². The molecule has 0 saturated carbocycles. The van der Waals surface area contributed by atoms with Gasteiger partial charge < -0.3 is 5.32 Å². The molecule has 0 aromatic heterocycles. The molecule has 0 aliphatic heterocycles. The van der Waals surface area contributed by atoms with Gasteiger partial charge in [0.15, 0.2) is 0 Å². The Morgan fingerprint density at radius 1 is 1.11 bits per heavy atom. The number of nitrogens with zero attached hydrogens (tertiary/aromatic N) is 1. The first-order valence-electron chi connectivity index (χ1n) is 8.61. The Morgan fingerprint density at radius 3 is 2.37 bits per heavy atom. The van der Waals surface area contributed by atoms with Gasteiger partial charge in [0.1, 0.15) is 5.82 Å². The predicted molar refractivity (Wildman–Crippen MR) is 107 cm³/mol. The Morgan fingerprint density at radius 2 is 1.78 bits per heavy atom. The van der Waals surface area contributed by atoms with Crippen molar-refractivity contribution >= 4 is 27.3 Å². The average Bonchev–Trinajstić information content (AvgIpc) is 2.53. The highest BCUT2D eigenvalue weighted by Gasteiger charge is 2.26. The van der Waals surface area contributed by atoms with Gasteiger partial charge in [-0.2, -0.15) is 0 Å². The molecule has 5 nitrogen and oxygen atoms in total. The number of nitrogens with one attached hydrogen (secondary N) is 1. The minimum atomic E-state index is -3.58. The lowest BCUT2D eigenvalue weighted by atomic mass is 9.86. The Labute approximate surface area is 160 Å². The van der Waals surface area contributed by atoms with Crippen LogP contribution in [0, 0.1) is 5.82 Å². The zero-order chi connectivity index (χ0) is 20.2. The van der Waals surface area contributed by atoms with Crippen LogP contribution in [0.25, 0.3) is 0 Å². The first kappa shape index (κ1) is 20.9. The zero-order valence-electron chi connectivity index (χ0n) is 16.0. The summed E-state index contributed by atoms with van der Waals surface area (Å²) in [6.45, 7) is 6.00. The van der Waals surface area contributed by atoms with Gasteiger partial charge in [0.05, 0.1) is 11.9 Å². The van der Waals surface area contributed by atoms with E-state index in [9.17, 15) is 17.6 Å². The number of benzene rings is 2. The van der Waals surface area contributed by atoms with Crippen LogP contribution in [0.1, 0.15) is 32.8 Å². The monoisotopic (exact) mass is 392 g/mol. The van der Waals surface area contributed by atoms with E-state index in [0.29, 0.717) is 11.4 Å². The summed E-state index contributed by atoms with van der Waals surface area (Å²) in [5.74, 6) is -0.841. The van der Waals surface area contributed by atoms with Crippen LogP contribution in [0.2, 0.25) is 0 Å². The Bertz CT molecular complexity index is 921. The summed E-state index contributed by atoms with van der Waals surface area (Å²) in [7, 11) is -3.58. The molecule has 0 fully saturated rings. The van der Waals surface area contributed by atoms with Crippen molar-refractivity contribution in [2.24, 2.45) is 0 Å². The van der Waals surface area contributed by atoms with Gasteiger partial charge in [-0.3, -0.25) is 9.10 Å². The lowest BCUT2D eigenvalue weighted by molar-refractivity contribution is -0.116. The number of amides is 1. The summed E-state index contributed by atoms with van der Waals surface area (Å²) in [6, 6.07) is 12.8.